The molecule has 0 fully saturated rings. The van der Waals surface area contributed by atoms with Crippen LogP contribution in [0.4, 0.5) is 11.7 Å². The topological polar surface area (TPSA) is 41.3 Å². The van der Waals surface area contributed by atoms with Gasteiger partial charge in [-0.25, -0.2) is 4.98 Å². The highest BCUT2D eigenvalue weighted by Gasteiger charge is 1.99. The van der Waals surface area contributed by atoms with Gasteiger partial charge in [0, 0.05) is 12.2 Å². The van der Waals surface area contributed by atoms with Crippen molar-refractivity contribution in [2.75, 3.05) is 19.4 Å². The maximum absolute atomic E-state index is 5.10. The van der Waals surface area contributed by atoms with E-state index in [9.17, 15) is 0 Å². The molecule has 1 heterocycles. The Labute approximate surface area is 94.9 Å². The molecular formula is C12H15N3O. The van der Waals surface area contributed by atoms with E-state index in [1.165, 1.54) is 5.56 Å². The first-order valence-corrected chi connectivity index (χ1v) is 5.14. The monoisotopic (exact) mass is 217 g/mol. The van der Waals surface area contributed by atoms with Gasteiger partial charge in [0.15, 0.2) is 0 Å². The number of nitrogens with zero attached hydrogens (tertiary/aromatic N) is 2. The lowest BCUT2D eigenvalue weighted by Gasteiger charge is -2.10. The Morgan fingerprint density at radius 2 is 2.00 bits per heavy atom. The third-order valence-electron chi connectivity index (χ3n) is 2.14. The maximum Gasteiger partial charge on any atom is 0.299 e. The molecule has 0 unspecified atom stereocenters. The number of nitrogens with one attached hydrogen (secondary N) is 1. The predicted octanol–water partition coefficient (Wildman–Crippen LogP) is 2.48. The van der Waals surface area contributed by atoms with Crippen LogP contribution in [0.25, 0.3) is 0 Å². The largest absolute Gasteiger partial charge is 0.432 e. The highest BCUT2D eigenvalue weighted by Crippen LogP contribution is 2.15. The van der Waals surface area contributed by atoms with Gasteiger partial charge in [-0.05, 0) is 31.8 Å². The Morgan fingerprint density at radius 1 is 1.25 bits per heavy atom. The van der Waals surface area contributed by atoms with Crippen molar-refractivity contribution in [3.05, 3.63) is 42.3 Å². The minimum absolute atomic E-state index is 0.514. The first kappa shape index (κ1) is 10.7. The summed E-state index contributed by atoms with van der Waals surface area (Å²) in [7, 11) is 4.11. The number of hydrogen-bond donors (Lipinski definition) is 1. The summed E-state index contributed by atoms with van der Waals surface area (Å²) in [6.45, 7) is 0.944. The average Bonchev–Trinajstić information content (AvgIpc) is 2.73. The minimum atomic E-state index is 0.514. The molecule has 1 N–H and O–H groups in total. The predicted molar refractivity (Wildman–Crippen MR) is 63.6 cm³/mol. The highest BCUT2D eigenvalue weighted by atomic mass is 16.4. The van der Waals surface area contributed by atoms with Crippen LogP contribution in [-0.4, -0.2) is 24.0 Å². The van der Waals surface area contributed by atoms with Crippen molar-refractivity contribution in [3.8, 4) is 0 Å². The van der Waals surface area contributed by atoms with Crippen LogP contribution in [0.3, 0.4) is 0 Å². The molecule has 2 rings (SSSR count). The van der Waals surface area contributed by atoms with Crippen LogP contribution in [0.5, 0.6) is 0 Å². The molecule has 4 nitrogen and oxygen atoms in total. The number of aromatic nitrogens is 1. The molecule has 0 saturated heterocycles. The molecule has 2 aromatic rings. The molecule has 0 spiro atoms. The van der Waals surface area contributed by atoms with E-state index in [-0.39, 0.29) is 0 Å². The molecule has 1 aromatic carbocycles. The summed E-state index contributed by atoms with van der Waals surface area (Å²) in [5, 5.41) is 3.07. The summed E-state index contributed by atoms with van der Waals surface area (Å²) >= 11 is 0. The molecule has 84 valence electrons. The molecule has 0 aliphatic carbocycles. The van der Waals surface area contributed by atoms with Crippen LogP contribution in [0.1, 0.15) is 5.56 Å². The zero-order valence-corrected chi connectivity index (χ0v) is 9.47. The van der Waals surface area contributed by atoms with E-state index >= 15 is 0 Å². The van der Waals surface area contributed by atoms with Gasteiger partial charge in [0.25, 0.3) is 6.01 Å². The van der Waals surface area contributed by atoms with Crippen molar-refractivity contribution in [3.63, 3.8) is 0 Å². The summed E-state index contributed by atoms with van der Waals surface area (Å²) in [4.78, 5) is 6.13. The van der Waals surface area contributed by atoms with Crippen LogP contribution >= 0.6 is 0 Å². The third-order valence-corrected chi connectivity index (χ3v) is 2.14. The van der Waals surface area contributed by atoms with E-state index in [0.29, 0.717) is 6.01 Å². The van der Waals surface area contributed by atoms with Gasteiger partial charge in [0.1, 0.15) is 6.26 Å². The van der Waals surface area contributed by atoms with E-state index in [1.807, 2.05) is 12.1 Å². The van der Waals surface area contributed by atoms with Gasteiger partial charge < -0.3 is 14.6 Å². The maximum atomic E-state index is 5.10. The van der Waals surface area contributed by atoms with E-state index < -0.39 is 0 Å². The Bertz CT molecular complexity index is 420. The molecule has 0 radical (unpaired) electrons. The number of benzene rings is 1. The minimum Gasteiger partial charge on any atom is -0.432 e. The number of rotatable bonds is 4. The smallest absolute Gasteiger partial charge is 0.299 e. The van der Waals surface area contributed by atoms with Crippen molar-refractivity contribution < 1.29 is 4.42 Å². The van der Waals surface area contributed by atoms with Gasteiger partial charge >= 0.3 is 0 Å². The lowest BCUT2D eigenvalue weighted by molar-refractivity contribution is 0.402. The molecule has 0 bridgehead atoms. The molecule has 0 amide bonds. The fourth-order valence-electron chi connectivity index (χ4n) is 1.47. The fourth-order valence-corrected chi connectivity index (χ4v) is 1.47. The quantitative estimate of drug-likeness (QED) is 0.854. The molecule has 0 aliphatic heterocycles. The average molecular weight is 217 g/mol. The van der Waals surface area contributed by atoms with E-state index in [0.717, 1.165) is 12.2 Å². The molecule has 16 heavy (non-hydrogen) atoms. The van der Waals surface area contributed by atoms with Gasteiger partial charge in [-0.15, -0.1) is 0 Å². The van der Waals surface area contributed by atoms with Crippen molar-refractivity contribution in [2.45, 2.75) is 6.54 Å². The summed E-state index contributed by atoms with van der Waals surface area (Å²) < 4.78 is 5.10. The SMILES string of the molecule is CN(C)Cc1ccc(Nc2ncco2)cc1. The Kier molecular flexibility index (Phi) is 3.22. The Morgan fingerprint density at radius 3 is 2.56 bits per heavy atom. The van der Waals surface area contributed by atoms with E-state index in [2.05, 4.69) is 41.4 Å². The third kappa shape index (κ3) is 2.84. The number of hydrogen-bond acceptors (Lipinski definition) is 4. The Balaban J connectivity index is 2.02. The van der Waals surface area contributed by atoms with Gasteiger partial charge in [-0.1, -0.05) is 12.1 Å². The second-order valence-corrected chi connectivity index (χ2v) is 3.90. The lowest BCUT2D eigenvalue weighted by atomic mass is 10.2. The van der Waals surface area contributed by atoms with E-state index in [4.69, 9.17) is 4.42 Å². The zero-order valence-electron chi connectivity index (χ0n) is 9.47. The molecule has 4 heteroatoms. The van der Waals surface area contributed by atoms with Gasteiger partial charge in [-0.2, -0.15) is 0 Å². The standard InChI is InChI=1S/C12H15N3O/c1-15(2)9-10-3-5-11(6-4-10)14-12-13-7-8-16-12/h3-8H,9H2,1-2H3,(H,13,14). The first-order valence-electron chi connectivity index (χ1n) is 5.14. The van der Waals surface area contributed by atoms with Crippen LogP contribution in [-0.2, 0) is 6.54 Å². The number of anilines is 2. The van der Waals surface area contributed by atoms with Gasteiger partial charge in [0.05, 0.1) is 6.20 Å². The molecule has 1 aromatic heterocycles. The van der Waals surface area contributed by atoms with Gasteiger partial charge in [-0.3, -0.25) is 0 Å². The summed E-state index contributed by atoms with van der Waals surface area (Å²) in [6, 6.07) is 8.73. The first-order chi connectivity index (χ1) is 7.74. The van der Waals surface area contributed by atoms with Crippen molar-refractivity contribution in [1.82, 2.24) is 9.88 Å². The second kappa shape index (κ2) is 4.81. The van der Waals surface area contributed by atoms with Crippen LogP contribution in [0, 0.1) is 0 Å². The zero-order chi connectivity index (χ0) is 11.4. The summed E-state index contributed by atoms with van der Waals surface area (Å²) in [5.41, 5.74) is 2.26. The fraction of sp³-hybridized carbons (Fsp3) is 0.250. The second-order valence-electron chi connectivity index (χ2n) is 3.90. The molecular weight excluding hydrogens is 202 g/mol. The summed E-state index contributed by atoms with van der Waals surface area (Å²) in [5.74, 6) is 0. The highest BCUT2D eigenvalue weighted by molar-refractivity contribution is 5.52. The molecule has 0 aliphatic rings. The summed E-state index contributed by atoms with van der Waals surface area (Å²) in [6.07, 6.45) is 3.16. The normalized spacial score (nSPS) is 10.7. The molecule has 0 atom stereocenters. The van der Waals surface area contributed by atoms with Crippen molar-refractivity contribution in [2.24, 2.45) is 0 Å². The number of oxazole rings is 1. The van der Waals surface area contributed by atoms with E-state index in [1.54, 1.807) is 12.5 Å². The van der Waals surface area contributed by atoms with Crippen molar-refractivity contribution >= 4 is 11.7 Å². The van der Waals surface area contributed by atoms with Crippen LogP contribution < -0.4 is 5.32 Å². The van der Waals surface area contributed by atoms with Crippen LogP contribution in [0.15, 0.2) is 41.1 Å². The van der Waals surface area contributed by atoms with Crippen molar-refractivity contribution in [1.29, 1.82) is 0 Å². The van der Waals surface area contributed by atoms with Crippen LogP contribution in [0.2, 0.25) is 0 Å². The Hall–Kier alpha value is -1.81. The molecule has 0 saturated carbocycles. The lowest BCUT2D eigenvalue weighted by Crippen LogP contribution is -2.10. The van der Waals surface area contributed by atoms with Gasteiger partial charge in [0.2, 0.25) is 0 Å².